The molecule has 0 aromatic heterocycles. The van der Waals surface area contributed by atoms with Crippen LogP contribution in [0.5, 0.6) is 0 Å². The van der Waals surface area contributed by atoms with Gasteiger partial charge >= 0.3 is 6.03 Å². The molecule has 1 aromatic carbocycles. The van der Waals surface area contributed by atoms with Gasteiger partial charge in [-0.2, -0.15) is 0 Å². The number of amides is 2. The molecule has 21 heavy (non-hydrogen) atoms. The van der Waals surface area contributed by atoms with Gasteiger partial charge in [0.1, 0.15) is 0 Å². The van der Waals surface area contributed by atoms with Gasteiger partial charge in [-0.25, -0.2) is 4.79 Å². The quantitative estimate of drug-likeness (QED) is 0.879. The first-order valence-corrected chi connectivity index (χ1v) is 7.89. The molecule has 1 saturated carbocycles. The second-order valence-electron chi connectivity index (χ2n) is 5.52. The molecule has 0 saturated heterocycles. The first-order chi connectivity index (χ1) is 9.99. The standard InChI is InChI=1S/C15H20Cl2N2O2/c1-19(9-10-5-2-3-8-13(10)20)15(21)18-12-7-4-6-11(16)14(12)17/h4,6-7,10,13,20H,2-3,5,8-9H2,1H3,(H,18,21). The summed E-state index contributed by atoms with van der Waals surface area (Å²) in [7, 11) is 1.72. The number of halogens is 2. The summed E-state index contributed by atoms with van der Waals surface area (Å²) in [4.78, 5) is 13.8. The highest BCUT2D eigenvalue weighted by Gasteiger charge is 2.25. The molecule has 1 aromatic rings. The monoisotopic (exact) mass is 330 g/mol. The van der Waals surface area contributed by atoms with Gasteiger partial charge in [-0.15, -0.1) is 0 Å². The normalized spacial score (nSPS) is 21.9. The summed E-state index contributed by atoms with van der Waals surface area (Å²) in [6.45, 7) is 0.533. The van der Waals surface area contributed by atoms with E-state index in [1.165, 1.54) is 0 Å². The van der Waals surface area contributed by atoms with Crippen LogP contribution in [0, 0.1) is 5.92 Å². The smallest absolute Gasteiger partial charge is 0.321 e. The molecular weight excluding hydrogens is 311 g/mol. The minimum atomic E-state index is -0.316. The number of carbonyl (C=O) groups excluding carboxylic acids is 1. The number of nitrogens with zero attached hydrogens (tertiary/aromatic N) is 1. The zero-order valence-corrected chi connectivity index (χ0v) is 13.5. The van der Waals surface area contributed by atoms with E-state index in [0.717, 1.165) is 25.7 Å². The van der Waals surface area contributed by atoms with Crippen LogP contribution in [-0.4, -0.2) is 35.7 Å². The molecule has 2 amide bonds. The molecule has 0 spiro atoms. The molecule has 0 bridgehead atoms. The van der Waals surface area contributed by atoms with Crippen molar-refractivity contribution in [3.05, 3.63) is 28.2 Å². The van der Waals surface area contributed by atoms with Crippen LogP contribution in [0.1, 0.15) is 25.7 Å². The first kappa shape index (κ1) is 16.4. The zero-order chi connectivity index (χ0) is 15.4. The fourth-order valence-electron chi connectivity index (χ4n) is 2.65. The van der Waals surface area contributed by atoms with Crippen LogP contribution < -0.4 is 5.32 Å². The Morgan fingerprint density at radius 2 is 2.10 bits per heavy atom. The van der Waals surface area contributed by atoms with Crippen LogP contribution in [0.3, 0.4) is 0 Å². The van der Waals surface area contributed by atoms with Gasteiger partial charge in [-0.1, -0.05) is 42.1 Å². The van der Waals surface area contributed by atoms with Crippen LogP contribution in [-0.2, 0) is 0 Å². The number of hydrogen-bond acceptors (Lipinski definition) is 2. The molecule has 1 aliphatic rings. The topological polar surface area (TPSA) is 52.6 Å². The third-order valence-corrected chi connectivity index (χ3v) is 4.74. The number of aliphatic hydroxyl groups is 1. The Balaban J connectivity index is 1.94. The largest absolute Gasteiger partial charge is 0.393 e. The van der Waals surface area contributed by atoms with E-state index in [0.29, 0.717) is 22.3 Å². The van der Waals surface area contributed by atoms with Crippen molar-refractivity contribution in [1.82, 2.24) is 4.90 Å². The minimum absolute atomic E-state index is 0.143. The lowest BCUT2D eigenvalue weighted by Crippen LogP contribution is -2.40. The van der Waals surface area contributed by atoms with Crippen LogP contribution in [0.25, 0.3) is 0 Å². The number of nitrogens with one attached hydrogen (secondary N) is 1. The van der Waals surface area contributed by atoms with Crippen molar-refractivity contribution in [1.29, 1.82) is 0 Å². The molecule has 2 atom stereocenters. The van der Waals surface area contributed by atoms with E-state index in [9.17, 15) is 9.90 Å². The van der Waals surface area contributed by atoms with E-state index in [1.54, 1.807) is 30.1 Å². The molecule has 1 aliphatic carbocycles. The Morgan fingerprint density at radius 1 is 1.38 bits per heavy atom. The molecule has 0 aliphatic heterocycles. The number of urea groups is 1. The number of anilines is 1. The molecule has 0 heterocycles. The number of benzene rings is 1. The van der Waals surface area contributed by atoms with Gasteiger partial charge in [-0.05, 0) is 25.0 Å². The number of aliphatic hydroxyl groups excluding tert-OH is 1. The Morgan fingerprint density at radius 3 is 2.81 bits per heavy atom. The van der Waals surface area contributed by atoms with E-state index in [1.807, 2.05) is 0 Å². The lowest BCUT2D eigenvalue weighted by molar-refractivity contribution is 0.0575. The Kier molecular flexibility index (Phi) is 5.73. The fraction of sp³-hybridized carbons (Fsp3) is 0.533. The van der Waals surface area contributed by atoms with Crippen molar-refractivity contribution >= 4 is 34.9 Å². The molecule has 116 valence electrons. The van der Waals surface area contributed by atoms with Crippen LogP contribution in [0.15, 0.2) is 18.2 Å². The minimum Gasteiger partial charge on any atom is -0.393 e. The van der Waals surface area contributed by atoms with Gasteiger partial charge in [0.15, 0.2) is 0 Å². The number of rotatable bonds is 3. The van der Waals surface area contributed by atoms with E-state index >= 15 is 0 Å². The van der Waals surface area contributed by atoms with Crippen LogP contribution >= 0.6 is 23.2 Å². The molecule has 6 heteroatoms. The van der Waals surface area contributed by atoms with E-state index < -0.39 is 0 Å². The highest BCUT2D eigenvalue weighted by molar-refractivity contribution is 6.43. The van der Waals surface area contributed by atoms with Gasteiger partial charge in [0.05, 0.1) is 21.8 Å². The molecule has 2 N–H and O–H groups in total. The summed E-state index contributed by atoms with van der Waals surface area (Å²) in [6, 6.07) is 4.85. The average molecular weight is 331 g/mol. The maximum atomic E-state index is 12.2. The predicted molar refractivity (Wildman–Crippen MR) is 86.1 cm³/mol. The third kappa shape index (κ3) is 4.25. The second-order valence-corrected chi connectivity index (χ2v) is 6.31. The highest BCUT2D eigenvalue weighted by Crippen LogP contribution is 2.30. The summed E-state index contributed by atoms with van der Waals surface area (Å²) in [5.74, 6) is 0.143. The lowest BCUT2D eigenvalue weighted by atomic mass is 9.86. The van der Waals surface area contributed by atoms with E-state index in [2.05, 4.69) is 5.32 Å². The summed E-state index contributed by atoms with van der Waals surface area (Å²) in [6.07, 6.45) is 3.63. The molecule has 4 nitrogen and oxygen atoms in total. The van der Waals surface area contributed by atoms with Crippen molar-refractivity contribution in [2.75, 3.05) is 18.9 Å². The van der Waals surface area contributed by atoms with Gasteiger partial charge < -0.3 is 15.3 Å². The van der Waals surface area contributed by atoms with Crippen molar-refractivity contribution < 1.29 is 9.90 Å². The van der Waals surface area contributed by atoms with Gasteiger partial charge in [0, 0.05) is 19.5 Å². The second kappa shape index (κ2) is 7.34. The van der Waals surface area contributed by atoms with Crippen molar-refractivity contribution in [2.24, 2.45) is 5.92 Å². The molecule has 0 radical (unpaired) electrons. The summed E-state index contributed by atoms with van der Waals surface area (Å²) in [5, 5.41) is 13.5. The number of hydrogen-bond donors (Lipinski definition) is 2. The Bertz CT molecular complexity index is 510. The lowest BCUT2D eigenvalue weighted by Gasteiger charge is -2.31. The molecule has 2 unspecified atom stereocenters. The highest BCUT2D eigenvalue weighted by atomic mass is 35.5. The summed E-state index contributed by atoms with van der Waals surface area (Å²) < 4.78 is 0. The van der Waals surface area contributed by atoms with Crippen LogP contribution in [0.4, 0.5) is 10.5 Å². The molecular formula is C15H20Cl2N2O2. The SMILES string of the molecule is CN(CC1CCCCC1O)C(=O)Nc1cccc(Cl)c1Cl. The van der Waals surface area contributed by atoms with Gasteiger partial charge in [0.2, 0.25) is 0 Å². The average Bonchev–Trinajstić information content (AvgIpc) is 2.46. The summed E-state index contributed by atoms with van der Waals surface area (Å²) >= 11 is 12.0. The zero-order valence-electron chi connectivity index (χ0n) is 12.0. The summed E-state index contributed by atoms with van der Waals surface area (Å²) in [5.41, 5.74) is 0.491. The van der Waals surface area contributed by atoms with Gasteiger partial charge in [0.25, 0.3) is 0 Å². The first-order valence-electron chi connectivity index (χ1n) is 7.13. The van der Waals surface area contributed by atoms with Crippen molar-refractivity contribution in [3.8, 4) is 0 Å². The third-order valence-electron chi connectivity index (χ3n) is 3.92. The Labute approximate surface area is 135 Å². The maximum absolute atomic E-state index is 12.2. The van der Waals surface area contributed by atoms with Crippen molar-refractivity contribution in [3.63, 3.8) is 0 Å². The Hall–Kier alpha value is -0.970. The maximum Gasteiger partial charge on any atom is 0.321 e. The van der Waals surface area contributed by atoms with E-state index in [-0.39, 0.29) is 18.1 Å². The molecule has 2 rings (SSSR count). The fourth-order valence-corrected chi connectivity index (χ4v) is 2.99. The molecule has 1 fully saturated rings. The predicted octanol–water partition coefficient (Wildman–Crippen LogP) is 4.01. The number of carbonyl (C=O) groups is 1. The van der Waals surface area contributed by atoms with Crippen LogP contribution in [0.2, 0.25) is 10.0 Å². The van der Waals surface area contributed by atoms with E-state index in [4.69, 9.17) is 23.2 Å². The van der Waals surface area contributed by atoms with Crippen molar-refractivity contribution in [2.45, 2.75) is 31.8 Å². The van der Waals surface area contributed by atoms with Gasteiger partial charge in [-0.3, -0.25) is 0 Å².